The van der Waals surface area contributed by atoms with Crippen molar-refractivity contribution in [3.05, 3.63) is 53.3 Å². The summed E-state index contributed by atoms with van der Waals surface area (Å²) in [5.74, 6) is 0.278. The van der Waals surface area contributed by atoms with Crippen LogP contribution in [0.2, 0.25) is 0 Å². The minimum Gasteiger partial charge on any atom is -0.493 e. The van der Waals surface area contributed by atoms with Gasteiger partial charge in [0.2, 0.25) is 0 Å². The van der Waals surface area contributed by atoms with Gasteiger partial charge in [-0.3, -0.25) is 24.3 Å². The molecular weight excluding hydrogens is 374 g/mol. The average Bonchev–Trinajstić information content (AvgIpc) is 3.03. The molecule has 8 heteroatoms. The van der Waals surface area contributed by atoms with Crippen LogP contribution in [0.3, 0.4) is 0 Å². The lowest BCUT2D eigenvalue weighted by Gasteiger charge is -2.35. The molecule has 0 N–H and O–H groups in total. The molecule has 1 saturated heterocycles. The number of ether oxygens (including phenoxy) is 2. The van der Waals surface area contributed by atoms with Crippen molar-refractivity contribution >= 4 is 17.7 Å². The van der Waals surface area contributed by atoms with E-state index in [4.69, 9.17) is 9.47 Å². The smallest absolute Gasteiger partial charge is 0.280 e. The Labute approximate surface area is 168 Å². The van der Waals surface area contributed by atoms with Gasteiger partial charge < -0.3 is 14.4 Å². The highest BCUT2D eigenvalue weighted by atomic mass is 16.5. The molecule has 0 saturated carbocycles. The summed E-state index contributed by atoms with van der Waals surface area (Å²) in [6.07, 6.45) is 2.58. The molecule has 1 fully saturated rings. The molecule has 0 spiro atoms. The quantitative estimate of drug-likeness (QED) is 0.736. The summed E-state index contributed by atoms with van der Waals surface area (Å²) < 4.78 is 10.5. The highest BCUT2D eigenvalue weighted by molar-refractivity contribution is 6.20. The van der Waals surface area contributed by atoms with Gasteiger partial charge in [-0.2, -0.15) is 0 Å². The number of likely N-dealkylation sites (tertiary alicyclic amines) is 1. The van der Waals surface area contributed by atoms with Gasteiger partial charge in [0.05, 0.1) is 19.8 Å². The average molecular weight is 395 g/mol. The highest BCUT2D eigenvalue weighted by Crippen LogP contribution is 2.30. The van der Waals surface area contributed by atoms with Crippen LogP contribution in [0.25, 0.3) is 0 Å². The monoisotopic (exact) mass is 395 g/mol. The van der Waals surface area contributed by atoms with E-state index < -0.39 is 0 Å². The zero-order chi connectivity index (χ0) is 20.5. The molecular formula is C21H21N3O5. The first kappa shape index (κ1) is 18.9. The summed E-state index contributed by atoms with van der Waals surface area (Å²) in [6, 6.07) is 8.09. The van der Waals surface area contributed by atoms with Crippen LogP contribution in [0, 0.1) is 0 Å². The molecule has 0 atom stereocenters. The fraction of sp³-hybridized carbons (Fsp3) is 0.333. The van der Waals surface area contributed by atoms with Gasteiger partial charge in [0.15, 0.2) is 11.5 Å². The summed E-state index contributed by atoms with van der Waals surface area (Å²) in [7, 11) is 3.06. The van der Waals surface area contributed by atoms with Crippen LogP contribution in [-0.4, -0.2) is 65.9 Å². The lowest BCUT2D eigenvalue weighted by molar-refractivity contribution is 0.0477. The van der Waals surface area contributed by atoms with Crippen molar-refractivity contribution in [2.24, 2.45) is 0 Å². The van der Waals surface area contributed by atoms with E-state index in [2.05, 4.69) is 4.98 Å². The van der Waals surface area contributed by atoms with Crippen molar-refractivity contribution in [3.63, 3.8) is 0 Å². The summed E-state index contributed by atoms with van der Waals surface area (Å²) >= 11 is 0. The van der Waals surface area contributed by atoms with Gasteiger partial charge in [0.25, 0.3) is 17.7 Å². The third-order valence-corrected chi connectivity index (χ3v) is 5.43. The number of fused-ring (bicyclic) bond motifs is 1. The number of aromatic nitrogens is 1. The van der Waals surface area contributed by atoms with E-state index in [-0.39, 0.29) is 29.5 Å². The maximum Gasteiger partial charge on any atom is 0.280 e. The largest absolute Gasteiger partial charge is 0.493 e. The van der Waals surface area contributed by atoms with Gasteiger partial charge in [-0.15, -0.1) is 0 Å². The van der Waals surface area contributed by atoms with Crippen molar-refractivity contribution in [3.8, 4) is 11.5 Å². The van der Waals surface area contributed by atoms with Crippen LogP contribution in [-0.2, 0) is 0 Å². The minimum absolute atomic E-state index is 0.117. The molecule has 0 aliphatic carbocycles. The molecule has 2 aliphatic rings. The van der Waals surface area contributed by atoms with E-state index in [1.54, 1.807) is 42.3 Å². The predicted octanol–water partition coefficient (Wildman–Crippen LogP) is 2.00. The Morgan fingerprint density at radius 2 is 1.76 bits per heavy atom. The lowest BCUT2D eigenvalue weighted by Crippen LogP contribution is -2.48. The molecule has 0 bridgehead atoms. The van der Waals surface area contributed by atoms with Crippen molar-refractivity contribution in [1.29, 1.82) is 0 Å². The van der Waals surface area contributed by atoms with E-state index >= 15 is 0 Å². The summed E-state index contributed by atoms with van der Waals surface area (Å²) in [6.45, 7) is 0.914. The Kier molecular flexibility index (Phi) is 4.92. The molecule has 1 aromatic carbocycles. The maximum atomic E-state index is 12.9. The highest BCUT2D eigenvalue weighted by Gasteiger charge is 2.42. The Bertz CT molecular complexity index is 947. The van der Waals surface area contributed by atoms with Gasteiger partial charge in [-0.1, -0.05) is 0 Å². The van der Waals surface area contributed by atoms with E-state index in [9.17, 15) is 14.4 Å². The maximum absolute atomic E-state index is 12.9. The number of amides is 3. The lowest BCUT2D eigenvalue weighted by atomic mass is 10.0. The Balaban J connectivity index is 1.44. The molecule has 3 heterocycles. The molecule has 0 unspecified atom stereocenters. The number of piperidine rings is 1. The fourth-order valence-electron chi connectivity index (χ4n) is 3.90. The van der Waals surface area contributed by atoms with Crippen LogP contribution in [0.15, 0.2) is 36.5 Å². The molecule has 29 heavy (non-hydrogen) atoms. The SMILES string of the molecule is COc1ccc(C(=O)N2CCC(N3C(=O)c4cccnc4C3=O)CC2)cc1OC. The fourth-order valence-corrected chi connectivity index (χ4v) is 3.90. The number of carbonyl (C=O) groups is 3. The zero-order valence-electron chi connectivity index (χ0n) is 16.3. The van der Waals surface area contributed by atoms with Gasteiger partial charge in [-0.25, -0.2) is 0 Å². The predicted molar refractivity (Wildman–Crippen MR) is 103 cm³/mol. The number of methoxy groups -OCH3 is 2. The van der Waals surface area contributed by atoms with E-state index in [1.807, 2.05) is 0 Å². The number of imide groups is 1. The summed E-state index contributed by atoms with van der Waals surface area (Å²) in [4.78, 5) is 45.2. The summed E-state index contributed by atoms with van der Waals surface area (Å²) in [5, 5.41) is 0. The molecule has 4 rings (SSSR count). The van der Waals surface area contributed by atoms with Crippen molar-refractivity contribution < 1.29 is 23.9 Å². The van der Waals surface area contributed by atoms with Crippen LogP contribution in [0.5, 0.6) is 11.5 Å². The molecule has 150 valence electrons. The molecule has 8 nitrogen and oxygen atoms in total. The van der Waals surface area contributed by atoms with Gasteiger partial charge in [0, 0.05) is 30.9 Å². The normalized spacial score (nSPS) is 16.8. The number of rotatable bonds is 4. The van der Waals surface area contributed by atoms with Gasteiger partial charge in [-0.05, 0) is 43.2 Å². The third kappa shape index (κ3) is 3.20. The number of carbonyl (C=O) groups excluding carboxylic acids is 3. The number of pyridine rings is 1. The molecule has 0 radical (unpaired) electrons. The van der Waals surface area contributed by atoms with Crippen molar-refractivity contribution in [2.75, 3.05) is 27.3 Å². The number of benzene rings is 1. The first-order chi connectivity index (χ1) is 14.0. The second-order valence-corrected chi connectivity index (χ2v) is 6.97. The van der Waals surface area contributed by atoms with Crippen molar-refractivity contribution in [1.82, 2.24) is 14.8 Å². The summed E-state index contributed by atoms with van der Waals surface area (Å²) in [5.41, 5.74) is 1.06. The van der Waals surface area contributed by atoms with E-state index in [1.165, 1.54) is 18.2 Å². The van der Waals surface area contributed by atoms with Crippen molar-refractivity contribution in [2.45, 2.75) is 18.9 Å². The van der Waals surface area contributed by atoms with Crippen LogP contribution >= 0.6 is 0 Å². The van der Waals surface area contributed by atoms with E-state index in [0.29, 0.717) is 48.6 Å². The third-order valence-electron chi connectivity index (χ3n) is 5.43. The van der Waals surface area contributed by atoms with Gasteiger partial charge >= 0.3 is 0 Å². The number of hydrogen-bond acceptors (Lipinski definition) is 6. The minimum atomic E-state index is -0.352. The van der Waals surface area contributed by atoms with Crippen LogP contribution in [0.1, 0.15) is 44.0 Å². The standard InChI is InChI=1S/C21H21N3O5/c1-28-16-6-5-13(12-17(16)29-2)19(25)23-10-7-14(8-11-23)24-20(26)15-4-3-9-22-18(15)21(24)27/h3-6,9,12,14H,7-8,10-11H2,1-2H3. The first-order valence-electron chi connectivity index (χ1n) is 9.39. The Hall–Kier alpha value is -3.42. The van der Waals surface area contributed by atoms with Crippen LogP contribution in [0.4, 0.5) is 0 Å². The zero-order valence-corrected chi connectivity index (χ0v) is 16.3. The second-order valence-electron chi connectivity index (χ2n) is 6.97. The van der Waals surface area contributed by atoms with Crippen LogP contribution < -0.4 is 9.47 Å². The van der Waals surface area contributed by atoms with E-state index in [0.717, 1.165) is 0 Å². The topological polar surface area (TPSA) is 89.0 Å². The number of hydrogen-bond donors (Lipinski definition) is 0. The molecule has 2 aliphatic heterocycles. The molecule has 3 amide bonds. The van der Waals surface area contributed by atoms with Gasteiger partial charge in [0.1, 0.15) is 5.69 Å². The second kappa shape index (κ2) is 7.54. The molecule has 2 aromatic rings. The number of nitrogens with zero attached hydrogens (tertiary/aromatic N) is 3. The Morgan fingerprint density at radius 1 is 1.03 bits per heavy atom. The Morgan fingerprint density at radius 3 is 2.41 bits per heavy atom. The first-order valence-corrected chi connectivity index (χ1v) is 9.39. The molecule has 1 aromatic heterocycles.